The van der Waals surface area contributed by atoms with Gasteiger partial charge in [0, 0.05) is 35.4 Å². The van der Waals surface area contributed by atoms with Crippen LogP contribution in [0.4, 0.5) is 0 Å². The number of nitrogens with one attached hydrogen (secondary N) is 1. The van der Waals surface area contributed by atoms with Crippen molar-refractivity contribution in [2.24, 2.45) is 0 Å². The Bertz CT molecular complexity index is 591. The largest absolute Gasteiger partial charge is 0.496 e. The van der Waals surface area contributed by atoms with Gasteiger partial charge in [0.1, 0.15) is 11.5 Å². The summed E-state index contributed by atoms with van der Waals surface area (Å²) in [6.45, 7) is 0. The van der Waals surface area contributed by atoms with Crippen molar-refractivity contribution in [2.75, 3.05) is 14.2 Å². The number of fused-ring (bicyclic) bond motifs is 1. The first-order valence-electron chi connectivity index (χ1n) is 6.76. The van der Waals surface area contributed by atoms with Crippen LogP contribution in [-0.4, -0.2) is 19.2 Å². The summed E-state index contributed by atoms with van der Waals surface area (Å²) in [5.74, 6) is 2.90. The number of hydrogen-bond donors (Lipinski definition) is 1. The molecule has 3 aliphatic carbocycles. The lowest BCUT2D eigenvalue weighted by molar-refractivity contribution is 0.375. The highest BCUT2D eigenvalue weighted by atomic mass is 16.5. The van der Waals surface area contributed by atoms with E-state index in [1.54, 1.807) is 14.2 Å². The van der Waals surface area contributed by atoms with Crippen molar-refractivity contribution in [1.82, 2.24) is 4.98 Å². The number of rotatable bonds is 2. The third-order valence-electron chi connectivity index (χ3n) is 4.65. The zero-order valence-electron chi connectivity index (χ0n) is 11.2. The fraction of sp³-hybridized carbons (Fsp3) is 0.375. The fourth-order valence-electron chi connectivity index (χ4n) is 3.91. The second-order valence-electron chi connectivity index (χ2n) is 5.35. The number of benzene rings is 1. The topological polar surface area (TPSA) is 34.2 Å². The van der Waals surface area contributed by atoms with Gasteiger partial charge in [-0.15, -0.1) is 0 Å². The van der Waals surface area contributed by atoms with Crippen molar-refractivity contribution in [3.8, 4) is 11.5 Å². The molecule has 98 valence electrons. The van der Waals surface area contributed by atoms with Crippen molar-refractivity contribution in [1.29, 1.82) is 0 Å². The average Bonchev–Trinajstić information content (AvgIpc) is 2.97. The molecular formula is C16H17NO2. The predicted molar refractivity (Wildman–Crippen MR) is 73.3 cm³/mol. The first-order chi connectivity index (χ1) is 9.35. The molecule has 0 radical (unpaired) electrons. The minimum atomic E-state index is 0.450. The van der Waals surface area contributed by atoms with Crippen LogP contribution < -0.4 is 9.47 Å². The van der Waals surface area contributed by atoms with E-state index < -0.39 is 0 Å². The predicted octanol–water partition coefficient (Wildman–Crippen LogP) is 3.40. The number of aromatic nitrogens is 1. The highest BCUT2D eigenvalue weighted by Crippen LogP contribution is 2.57. The van der Waals surface area contributed by atoms with Crippen LogP contribution in [0.2, 0.25) is 0 Å². The molecule has 2 atom stereocenters. The Morgan fingerprint density at radius 3 is 1.79 bits per heavy atom. The van der Waals surface area contributed by atoms with Crippen molar-refractivity contribution in [2.45, 2.75) is 24.7 Å². The quantitative estimate of drug-likeness (QED) is 0.892. The van der Waals surface area contributed by atoms with Crippen LogP contribution >= 0.6 is 0 Å². The molecule has 2 aromatic rings. The Balaban J connectivity index is 2.03. The Hall–Kier alpha value is -1.90. The maximum atomic E-state index is 5.59. The number of hydrogen-bond acceptors (Lipinski definition) is 2. The maximum Gasteiger partial charge on any atom is 0.123 e. The first-order valence-corrected chi connectivity index (χ1v) is 6.76. The zero-order chi connectivity index (χ0) is 13.0. The van der Waals surface area contributed by atoms with Gasteiger partial charge in [-0.2, -0.15) is 0 Å². The molecule has 5 rings (SSSR count). The molecule has 1 N–H and O–H groups in total. The summed E-state index contributed by atoms with van der Waals surface area (Å²) in [6, 6.07) is 4.06. The molecule has 0 spiro atoms. The van der Waals surface area contributed by atoms with E-state index >= 15 is 0 Å². The third kappa shape index (κ3) is 1.28. The summed E-state index contributed by atoms with van der Waals surface area (Å²) in [4.78, 5) is 3.27. The normalized spacial score (nSPS) is 22.8. The lowest BCUT2D eigenvalue weighted by Gasteiger charge is -2.39. The Morgan fingerprint density at radius 2 is 1.37 bits per heavy atom. The second-order valence-corrected chi connectivity index (χ2v) is 5.35. The average molecular weight is 255 g/mol. The van der Waals surface area contributed by atoms with Crippen LogP contribution in [0, 0.1) is 0 Å². The molecule has 2 unspecified atom stereocenters. The Labute approximate surface area is 112 Å². The van der Waals surface area contributed by atoms with Gasteiger partial charge < -0.3 is 14.5 Å². The molecule has 0 saturated heterocycles. The highest BCUT2D eigenvalue weighted by Gasteiger charge is 2.41. The second kappa shape index (κ2) is 3.80. The number of H-pyrrole nitrogens is 1. The van der Waals surface area contributed by atoms with Crippen molar-refractivity contribution >= 4 is 0 Å². The summed E-state index contributed by atoms with van der Waals surface area (Å²) in [6.07, 6.45) is 6.69. The summed E-state index contributed by atoms with van der Waals surface area (Å²) in [5.41, 5.74) is 5.56. The summed E-state index contributed by atoms with van der Waals surface area (Å²) >= 11 is 0. The SMILES string of the molecule is COc1ccc(OC)c2c1C1CCC2c2c[nH]cc21. The van der Waals surface area contributed by atoms with Crippen LogP contribution in [0.15, 0.2) is 24.5 Å². The molecule has 1 heterocycles. The number of methoxy groups -OCH3 is 2. The van der Waals surface area contributed by atoms with Crippen molar-refractivity contribution in [3.63, 3.8) is 0 Å². The smallest absolute Gasteiger partial charge is 0.123 e. The lowest BCUT2D eigenvalue weighted by atomic mass is 9.64. The molecule has 3 heteroatoms. The highest BCUT2D eigenvalue weighted by molar-refractivity contribution is 5.63. The standard InChI is InChI=1S/C16H17NO2/c1-18-13-5-6-14(19-2)16-10-4-3-9(15(13)16)11-7-17-8-12(10)11/h5-10,17H,3-4H2,1-2H3. The van der Waals surface area contributed by atoms with Gasteiger partial charge >= 0.3 is 0 Å². The fourth-order valence-corrected chi connectivity index (χ4v) is 3.91. The van der Waals surface area contributed by atoms with Gasteiger partial charge in [-0.1, -0.05) is 0 Å². The summed E-state index contributed by atoms with van der Waals surface area (Å²) in [7, 11) is 3.50. The van der Waals surface area contributed by atoms with E-state index in [2.05, 4.69) is 17.4 Å². The molecular weight excluding hydrogens is 238 g/mol. The zero-order valence-corrected chi connectivity index (χ0v) is 11.2. The molecule has 0 aliphatic heterocycles. The maximum absolute atomic E-state index is 5.59. The van der Waals surface area contributed by atoms with Gasteiger partial charge in [-0.3, -0.25) is 0 Å². The van der Waals surface area contributed by atoms with Gasteiger partial charge in [0.2, 0.25) is 0 Å². The molecule has 0 saturated carbocycles. The monoisotopic (exact) mass is 255 g/mol. The molecule has 0 amide bonds. The molecule has 2 bridgehead atoms. The minimum Gasteiger partial charge on any atom is -0.496 e. The molecule has 1 aromatic carbocycles. The summed E-state index contributed by atoms with van der Waals surface area (Å²) in [5, 5.41) is 0. The van der Waals surface area contributed by atoms with Crippen molar-refractivity contribution < 1.29 is 9.47 Å². The molecule has 0 fully saturated rings. The molecule has 19 heavy (non-hydrogen) atoms. The van der Waals surface area contributed by atoms with Crippen LogP contribution in [0.1, 0.15) is 46.9 Å². The molecule has 3 nitrogen and oxygen atoms in total. The van der Waals surface area contributed by atoms with Gasteiger partial charge in [0.05, 0.1) is 14.2 Å². The minimum absolute atomic E-state index is 0.450. The van der Waals surface area contributed by atoms with Gasteiger partial charge in [-0.25, -0.2) is 0 Å². The van der Waals surface area contributed by atoms with E-state index in [0.717, 1.165) is 11.5 Å². The first kappa shape index (κ1) is 11.0. The van der Waals surface area contributed by atoms with E-state index in [0.29, 0.717) is 11.8 Å². The van der Waals surface area contributed by atoms with Crippen LogP contribution in [-0.2, 0) is 0 Å². The Morgan fingerprint density at radius 1 is 0.895 bits per heavy atom. The van der Waals surface area contributed by atoms with Crippen LogP contribution in [0.3, 0.4) is 0 Å². The Kier molecular flexibility index (Phi) is 2.19. The van der Waals surface area contributed by atoms with E-state index in [-0.39, 0.29) is 0 Å². The van der Waals surface area contributed by atoms with Gasteiger partial charge in [0.25, 0.3) is 0 Å². The molecule has 3 aliphatic rings. The van der Waals surface area contributed by atoms with E-state index in [1.807, 2.05) is 12.1 Å². The third-order valence-corrected chi connectivity index (χ3v) is 4.65. The summed E-state index contributed by atoms with van der Waals surface area (Å²) < 4.78 is 11.2. The van der Waals surface area contributed by atoms with Gasteiger partial charge in [-0.05, 0) is 36.1 Å². The van der Waals surface area contributed by atoms with Crippen LogP contribution in [0.25, 0.3) is 0 Å². The lowest BCUT2D eigenvalue weighted by Crippen LogP contribution is -2.24. The van der Waals surface area contributed by atoms with Crippen LogP contribution in [0.5, 0.6) is 11.5 Å². The van der Waals surface area contributed by atoms with E-state index in [1.165, 1.54) is 35.1 Å². The van der Waals surface area contributed by atoms with E-state index in [9.17, 15) is 0 Å². The van der Waals surface area contributed by atoms with E-state index in [4.69, 9.17) is 9.47 Å². The van der Waals surface area contributed by atoms with Gasteiger partial charge in [0.15, 0.2) is 0 Å². The number of ether oxygens (including phenoxy) is 2. The molecule has 1 aromatic heterocycles. The number of aromatic amines is 1. The van der Waals surface area contributed by atoms with Crippen molar-refractivity contribution in [3.05, 3.63) is 46.8 Å².